The quantitative estimate of drug-likeness (QED) is 0.760. The number of fused-ring (bicyclic) bond motifs is 1. The van der Waals surface area contributed by atoms with Crippen LogP contribution in [0.2, 0.25) is 0 Å². The van der Waals surface area contributed by atoms with E-state index in [1.54, 1.807) is 0 Å². The molecule has 3 rings (SSSR count). The first kappa shape index (κ1) is 9.61. The molecule has 80 valence electrons. The van der Waals surface area contributed by atoms with Gasteiger partial charge in [0, 0.05) is 6.54 Å². The van der Waals surface area contributed by atoms with Crippen LogP contribution in [0.4, 0.5) is 0 Å². The van der Waals surface area contributed by atoms with E-state index in [1.807, 2.05) is 0 Å². The largest absolute Gasteiger partial charge is 0.302 e. The van der Waals surface area contributed by atoms with Crippen LogP contribution in [0.5, 0.6) is 0 Å². The second kappa shape index (κ2) is 3.76. The molecule has 0 saturated heterocycles. The zero-order chi connectivity index (χ0) is 11.0. The maximum atomic E-state index is 3.57. The lowest BCUT2D eigenvalue weighted by Crippen LogP contribution is -2.13. The molecule has 0 spiro atoms. The Kier molecular flexibility index (Phi) is 2.26. The van der Waals surface area contributed by atoms with Crippen LogP contribution in [0.25, 0.3) is 0 Å². The summed E-state index contributed by atoms with van der Waals surface area (Å²) in [5, 5.41) is 3.57. The number of aryl methyl sites for hydroxylation is 1. The summed E-state index contributed by atoms with van der Waals surface area (Å²) >= 11 is 0. The van der Waals surface area contributed by atoms with Crippen molar-refractivity contribution in [3.05, 3.63) is 70.8 Å². The maximum Gasteiger partial charge on any atom is 0.0582 e. The minimum absolute atomic E-state index is 0.371. The molecule has 1 heteroatoms. The number of hydrogen-bond acceptors (Lipinski definition) is 1. The molecular weight excluding hydrogens is 194 g/mol. The van der Waals surface area contributed by atoms with Crippen molar-refractivity contribution in [2.24, 2.45) is 0 Å². The van der Waals surface area contributed by atoms with Crippen molar-refractivity contribution in [3.8, 4) is 0 Å². The molecule has 0 fully saturated rings. The van der Waals surface area contributed by atoms with Gasteiger partial charge in [0.1, 0.15) is 0 Å². The molecule has 1 heterocycles. The Bertz CT molecular complexity index is 502. The monoisotopic (exact) mass is 209 g/mol. The molecule has 1 aliphatic heterocycles. The third-order valence-electron chi connectivity index (χ3n) is 3.24. The van der Waals surface area contributed by atoms with Gasteiger partial charge in [-0.3, -0.25) is 0 Å². The van der Waals surface area contributed by atoms with Crippen LogP contribution in [0.3, 0.4) is 0 Å². The van der Waals surface area contributed by atoms with E-state index < -0.39 is 0 Å². The topological polar surface area (TPSA) is 12.0 Å². The second-order valence-corrected chi connectivity index (χ2v) is 4.43. The molecule has 1 unspecified atom stereocenters. The molecule has 0 bridgehead atoms. The lowest BCUT2D eigenvalue weighted by Gasteiger charge is -2.12. The smallest absolute Gasteiger partial charge is 0.0582 e. The summed E-state index contributed by atoms with van der Waals surface area (Å²) in [5.41, 5.74) is 5.56. The van der Waals surface area contributed by atoms with Gasteiger partial charge in [0.05, 0.1) is 6.04 Å². The first-order chi connectivity index (χ1) is 7.84. The molecule has 0 aromatic heterocycles. The van der Waals surface area contributed by atoms with Crippen LogP contribution in [0.1, 0.15) is 28.3 Å². The van der Waals surface area contributed by atoms with Gasteiger partial charge in [-0.05, 0) is 23.6 Å². The van der Waals surface area contributed by atoms with Crippen LogP contribution in [0.15, 0.2) is 48.5 Å². The molecule has 1 nitrogen and oxygen atoms in total. The Morgan fingerprint density at radius 2 is 1.88 bits per heavy atom. The highest BCUT2D eigenvalue weighted by atomic mass is 14.9. The predicted octanol–water partition coefficient (Wildman–Crippen LogP) is 3.19. The molecule has 0 aliphatic carbocycles. The van der Waals surface area contributed by atoms with Crippen molar-refractivity contribution in [1.82, 2.24) is 5.32 Å². The Hall–Kier alpha value is -1.60. The molecule has 0 amide bonds. The molecule has 2 aromatic rings. The summed E-state index contributed by atoms with van der Waals surface area (Å²) in [6.45, 7) is 3.13. The van der Waals surface area contributed by atoms with Gasteiger partial charge in [0.2, 0.25) is 0 Å². The maximum absolute atomic E-state index is 3.57. The van der Waals surface area contributed by atoms with Gasteiger partial charge in [-0.15, -0.1) is 0 Å². The first-order valence-electron chi connectivity index (χ1n) is 5.72. The normalized spacial score (nSPS) is 18.4. The fraction of sp³-hybridized carbons (Fsp3) is 0.200. The molecular formula is C15H15N. The lowest BCUT2D eigenvalue weighted by atomic mass is 9.97. The zero-order valence-corrected chi connectivity index (χ0v) is 9.40. The van der Waals surface area contributed by atoms with E-state index >= 15 is 0 Å². The van der Waals surface area contributed by atoms with Gasteiger partial charge in [-0.25, -0.2) is 0 Å². The fourth-order valence-corrected chi connectivity index (χ4v) is 2.41. The number of hydrogen-bond donors (Lipinski definition) is 1. The molecule has 1 atom stereocenters. The Morgan fingerprint density at radius 1 is 1.06 bits per heavy atom. The highest BCUT2D eigenvalue weighted by Crippen LogP contribution is 2.31. The summed E-state index contributed by atoms with van der Waals surface area (Å²) < 4.78 is 0. The van der Waals surface area contributed by atoms with E-state index in [0.29, 0.717) is 6.04 Å². The third kappa shape index (κ3) is 1.54. The van der Waals surface area contributed by atoms with Gasteiger partial charge in [-0.2, -0.15) is 0 Å². The third-order valence-corrected chi connectivity index (χ3v) is 3.24. The van der Waals surface area contributed by atoms with Crippen LogP contribution in [-0.4, -0.2) is 0 Å². The molecule has 16 heavy (non-hydrogen) atoms. The highest BCUT2D eigenvalue weighted by Gasteiger charge is 2.22. The van der Waals surface area contributed by atoms with Crippen LogP contribution in [-0.2, 0) is 6.54 Å². The van der Waals surface area contributed by atoms with Gasteiger partial charge in [0.25, 0.3) is 0 Å². The Labute approximate surface area is 96.1 Å². The minimum atomic E-state index is 0.371. The number of benzene rings is 2. The average molecular weight is 209 g/mol. The van der Waals surface area contributed by atoms with E-state index in [0.717, 1.165) is 6.54 Å². The van der Waals surface area contributed by atoms with Crippen molar-refractivity contribution in [1.29, 1.82) is 0 Å². The van der Waals surface area contributed by atoms with Crippen molar-refractivity contribution in [2.45, 2.75) is 19.5 Å². The van der Waals surface area contributed by atoms with Gasteiger partial charge < -0.3 is 5.32 Å². The minimum Gasteiger partial charge on any atom is -0.302 e. The van der Waals surface area contributed by atoms with E-state index in [2.05, 4.69) is 60.8 Å². The van der Waals surface area contributed by atoms with Crippen LogP contribution in [0, 0.1) is 6.92 Å². The van der Waals surface area contributed by atoms with Gasteiger partial charge in [0.15, 0.2) is 0 Å². The summed E-state index contributed by atoms with van der Waals surface area (Å²) in [4.78, 5) is 0. The Morgan fingerprint density at radius 3 is 2.69 bits per heavy atom. The molecule has 2 aromatic carbocycles. The standard InChI is InChI=1S/C15H15N/c1-11-7-8-13-10-16-15(14(13)9-11)12-5-3-2-4-6-12/h2-9,15-16H,10H2,1H3. The Balaban J connectivity index is 2.06. The van der Waals surface area contributed by atoms with Crippen molar-refractivity contribution >= 4 is 0 Å². The lowest BCUT2D eigenvalue weighted by molar-refractivity contribution is 0.667. The zero-order valence-electron chi connectivity index (χ0n) is 9.40. The molecule has 0 radical (unpaired) electrons. The first-order valence-corrected chi connectivity index (χ1v) is 5.72. The number of nitrogens with one attached hydrogen (secondary N) is 1. The summed E-state index contributed by atoms with van der Waals surface area (Å²) in [6, 6.07) is 17.7. The summed E-state index contributed by atoms with van der Waals surface area (Å²) in [6.07, 6.45) is 0. The summed E-state index contributed by atoms with van der Waals surface area (Å²) in [7, 11) is 0. The van der Waals surface area contributed by atoms with Gasteiger partial charge >= 0.3 is 0 Å². The van der Waals surface area contributed by atoms with E-state index in [9.17, 15) is 0 Å². The predicted molar refractivity (Wildman–Crippen MR) is 66.3 cm³/mol. The molecule has 1 aliphatic rings. The fourth-order valence-electron chi connectivity index (χ4n) is 2.41. The van der Waals surface area contributed by atoms with Crippen molar-refractivity contribution < 1.29 is 0 Å². The van der Waals surface area contributed by atoms with E-state index in [1.165, 1.54) is 22.3 Å². The van der Waals surface area contributed by atoms with Crippen LogP contribution >= 0.6 is 0 Å². The highest BCUT2D eigenvalue weighted by molar-refractivity contribution is 5.42. The second-order valence-electron chi connectivity index (χ2n) is 4.43. The molecule has 1 N–H and O–H groups in total. The number of rotatable bonds is 1. The van der Waals surface area contributed by atoms with Crippen LogP contribution < -0.4 is 5.32 Å². The average Bonchev–Trinajstić information content (AvgIpc) is 2.73. The molecule has 0 saturated carbocycles. The summed E-state index contributed by atoms with van der Waals surface area (Å²) in [5.74, 6) is 0. The van der Waals surface area contributed by atoms with Crippen molar-refractivity contribution in [2.75, 3.05) is 0 Å². The van der Waals surface area contributed by atoms with Gasteiger partial charge in [-0.1, -0.05) is 54.1 Å². The van der Waals surface area contributed by atoms with Crippen molar-refractivity contribution in [3.63, 3.8) is 0 Å². The van der Waals surface area contributed by atoms with E-state index in [-0.39, 0.29) is 0 Å². The van der Waals surface area contributed by atoms with E-state index in [4.69, 9.17) is 0 Å². The SMILES string of the molecule is Cc1ccc2c(c1)C(c1ccccc1)NC2.